The summed E-state index contributed by atoms with van der Waals surface area (Å²) in [5.41, 5.74) is 0.770. The van der Waals surface area contributed by atoms with E-state index in [1.807, 2.05) is 26.0 Å². The van der Waals surface area contributed by atoms with Gasteiger partial charge in [0.15, 0.2) is 17.8 Å². The largest absolute Gasteiger partial charge is 0.467 e. The zero-order chi connectivity index (χ0) is 18.0. The molecule has 1 amide bonds. The Morgan fingerprint density at radius 3 is 2.56 bits per heavy atom. The predicted molar refractivity (Wildman–Crippen MR) is 94.2 cm³/mol. The van der Waals surface area contributed by atoms with Crippen LogP contribution < -0.4 is 0 Å². The number of hydrogen-bond acceptors (Lipinski definition) is 5. The number of benzene rings is 1. The maximum atomic E-state index is 12.7. The lowest BCUT2D eigenvalue weighted by molar-refractivity contribution is -0.142. The molecule has 0 aliphatic carbocycles. The first-order chi connectivity index (χ1) is 11.9. The highest BCUT2D eigenvalue weighted by molar-refractivity contribution is 6.00. The van der Waals surface area contributed by atoms with Crippen LogP contribution in [-0.4, -0.2) is 54.9 Å². The van der Waals surface area contributed by atoms with E-state index in [1.165, 1.54) is 6.92 Å². The van der Waals surface area contributed by atoms with E-state index in [1.54, 1.807) is 17.0 Å². The number of Topliss-reactive ketones (excluding diaryl/α,β-unsaturated/α-hetero) is 1. The van der Waals surface area contributed by atoms with Gasteiger partial charge >= 0.3 is 0 Å². The highest BCUT2D eigenvalue weighted by atomic mass is 16.5. The number of carbonyl (C=O) groups is 2. The van der Waals surface area contributed by atoms with E-state index in [0.29, 0.717) is 49.9 Å². The number of rotatable bonds is 3. The van der Waals surface area contributed by atoms with Crippen molar-refractivity contribution in [1.82, 2.24) is 4.90 Å². The van der Waals surface area contributed by atoms with Crippen LogP contribution in [0.15, 0.2) is 29.3 Å². The molecular formula is C19H24N2O4. The second-order valence-corrected chi connectivity index (χ2v) is 7.12. The zero-order valence-corrected chi connectivity index (χ0v) is 14.9. The second-order valence-electron chi connectivity index (χ2n) is 7.12. The molecule has 2 aliphatic rings. The molecule has 0 aromatic heterocycles. The fourth-order valence-corrected chi connectivity index (χ4v) is 3.17. The van der Waals surface area contributed by atoms with E-state index in [2.05, 4.69) is 4.99 Å². The molecule has 3 rings (SSSR count). The van der Waals surface area contributed by atoms with Crippen molar-refractivity contribution in [3.63, 3.8) is 0 Å². The molecule has 2 fully saturated rings. The molecule has 0 spiro atoms. The molecule has 2 saturated heterocycles. The number of carbonyl (C=O) groups excluding carboxylic acids is 2. The molecule has 0 N–H and O–H groups in total. The Morgan fingerprint density at radius 2 is 1.88 bits per heavy atom. The van der Waals surface area contributed by atoms with Gasteiger partial charge in [0.25, 0.3) is 5.91 Å². The minimum absolute atomic E-state index is 0.0126. The lowest BCUT2D eigenvalue weighted by Crippen LogP contribution is -2.45. The maximum Gasteiger partial charge on any atom is 0.263 e. The second kappa shape index (κ2) is 6.96. The standard InChI is InChI=1S/C19H24N2O4/c1-13(22)14-6-4-5-7-15(14)20-18-19(2,3)12-16(25-18)17(23)21-8-10-24-11-9-21/h4-7,16H,8-12H2,1-3H3. The van der Waals surface area contributed by atoms with Crippen molar-refractivity contribution in [3.05, 3.63) is 29.8 Å². The highest BCUT2D eigenvalue weighted by Gasteiger charge is 2.44. The van der Waals surface area contributed by atoms with Crippen LogP contribution in [0, 0.1) is 5.41 Å². The summed E-state index contributed by atoms with van der Waals surface area (Å²) in [6, 6.07) is 7.19. The summed E-state index contributed by atoms with van der Waals surface area (Å²) >= 11 is 0. The Hall–Kier alpha value is -2.21. The van der Waals surface area contributed by atoms with Crippen LogP contribution in [0.2, 0.25) is 0 Å². The lowest BCUT2D eigenvalue weighted by Gasteiger charge is -2.28. The first-order valence-corrected chi connectivity index (χ1v) is 8.61. The molecular weight excluding hydrogens is 320 g/mol. The monoisotopic (exact) mass is 344 g/mol. The molecule has 0 saturated carbocycles. The molecule has 1 unspecified atom stereocenters. The van der Waals surface area contributed by atoms with Gasteiger partial charge in [-0.25, -0.2) is 4.99 Å². The van der Waals surface area contributed by atoms with Gasteiger partial charge in [0.05, 0.1) is 18.9 Å². The van der Waals surface area contributed by atoms with Gasteiger partial charge < -0.3 is 14.4 Å². The number of aliphatic imine (C=N–C) groups is 1. The van der Waals surface area contributed by atoms with Crippen LogP contribution in [0.4, 0.5) is 5.69 Å². The third-order valence-corrected chi connectivity index (χ3v) is 4.63. The number of ether oxygens (including phenoxy) is 2. The van der Waals surface area contributed by atoms with E-state index in [0.717, 1.165) is 0 Å². The van der Waals surface area contributed by atoms with Crippen molar-refractivity contribution in [2.75, 3.05) is 26.3 Å². The number of amides is 1. The Kier molecular flexibility index (Phi) is 4.90. The lowest BCUT2D eigenvalue weighted by atomic mass is 9.89. The van der Waals surface area contributed by atoms with Crippen molar-refractivity contribution in [3.8, 4) is 0 Å². The minimum Gasteiger partial charge on any atom is -0.467 e. The van der Waals surface area contributed by atoms with E-state index in [4.69, 9.17) is 9.47 Å². The molecule has 0 radical (unpaired) electrons. The normalized spacial score (nSPS) is 24.2. The van der Waals surface area contributed by atoms with E-state index < -0.39 is 6.10 Å². The summed E-state index contributed by atoms with van der Waals surface area (Å²) in [7, 11) is 0. The van der Waals surface area contributed by atoms with Gasteiger partial charge in [-0.05, 0) is 19.1 Å². The van der Waals surface area contributed by atoms with E-state index in [-0.39, 0.29) is 17.1 Å². The molecule has 2 heterocycles. The van der Waals surface area contributed by atoms with Gasteiger partial charge in [0.1, 0.15) is 0 Å². The average molecular weight is 344 g/mol. The van der Waals surface area contributed by atoms with Crippen molar-refractivity contribution in [2.45, 2.75) is 33.3 Å². The summed E-state index contributed by atoms with van der Waals surface area (Å²) in [6.45, 7) is 7.86. The number of ketones is 1. The van der Waals surface area contributed by atoms with Gasteiger partial charge in [-0.2, -0.15) is 0 Å². The van der Waals surface area contributed by atoms with Crippen molar-refractivity contribution < 1.29 is 19.1 Å². The molecule has 2 aliphatic heterocycles. The fourth-order valence-electron chi connectivity index (χ4n) is 3.17. The molecule has 6 heteroatoms. The summed E-state index contributed by atoms with van der Waals surface area (Å²) in [4.78, 5) is 30.9. The molecule has 1 aromatic carbocycles. The third-order valence-electron chi connectivity index (χ3n) is 4.63. The van der Waals surface area contributed by atoms with E-state index in [9.17, 15) is 9.59 Å². The minimum atomic E-state index is -0.531. The van der Waals surface area contributed by atoms with Crippen molar-refractivity contribution in [2.24, 2.45) is 10.4 Å². The van der Waals surface area contributed by atoms with Crippen LogP contribution in [0.3, 0.4) is 0 Å². The predicted octanol–water partition coefficient (Wildman–Crippen LogP) is 2.59. The molecule has 25 heavy (non-hydrogen) atoms. The first-order valence-electron chi connectivity index (χ1n) is 8.61. The van der Waals surface area contributed by atoms with Crippen LogP contribution in [0.25, 0.3) is 0 Å². The zero-order valence-electron chi connectivity index (χ0n) is 14.9. The number of para-hydroxylation sites is 1. The van der Waals surface area contributed by atoms with E-state index >= 15 is 0 Å². The smallest absolute Gasteiger partial charge is 0.263 e. The average Bonchev–Trinajstić information content (AvgIpc) is 2.90. The number of hydrogen-bond donors (Lipinski definition) is 0. The summed E-state index contributed by atoms with van der Waals surface area (Å²) in [5, 5.41) is 0. The molecule has 1 aromatic rings. The van der Waals surface area contributed by atoms with Crippen molar-refractivity contribution >= 4 is 23.3 Å². The number of nitrogens with zero attached hydrogens (tertiary/aromatic N) is 2. The Balaban J connectivity index is 1.83. The van der Waals surface area contributed by atoms with Gasteiger partial charge in [0, 0.05) is 30.5 Å². The Bertz CT molecular complexity index is 705. The van der Waals surface area contributed by atoms with Crippen LogP contribution >= 0.6 is 0 Å². The molecule has 0 bridgehead atoms. The topological polar surface area (TPSA) is 68.2 Å². The number of morpholine rings is 1. The van der Waals surface area contributed by atoms with Crippen LogP contribution in [0.5, 0.6) is 0 Å². The van der Waals surface area contributed by atoms with Gasteiger partial charge in [-0.3, -0.25) is 9.59 Å². The summed E-state index contributed by atoms with van der Waals surface area (Å²) in [6.07, 6.45) is 0.0425. The molecule has 1 atom stereocenters. The first kappa shape index (κ1) is 17.6. The maximum absolute atomic E-state index is 12.7. The fraction of sp³-hybridized carbons (Fsp3) is 0.526. The van der Waals surface area contributed by atoms with Gasteiger partial charge in [0.2, 0.25) is 0 Å². The SMILES string of the molecule is CC(=O)c1ccccc1N=C1OC(C(=O)N2CCOCC2)CC1(C)C. The Morgan fingerprint density at radius 1 is 1.20 bits per heavy atom. The Labute approximate surface area is 147 Å². The third kappa shape index (κ3) is 3.74. The summed E-state index contributed by atoms with van der Waals surface area (Å²) < 4.78 is 11.2. The molecule has 6 nitrogen and oxygen atoms in total. The van der Waals surface area contributed by atoms with Crippen molar-refractivity contribution in [1.29, 1.82) is 0 Å². The quantitative estimate of drug-likeness (QED) is 0.791. The van der Waals surface area contributed by atoms with Gasteiger partial charge in [-0.1, -0.05) is 26.0 Å². The summed E-state index contributed by atoms with van der Waals surface area (Å²) in [5.74, 6) is 0.450. The van der Waals surface area contributed by atoms with Crippen LogP contribution in [-0.2, 0) is 14.3 Å². The molecule has 134 valence electrons. The van der Waals surface area contributed by atoms with Gasteiger partial charge in [-0.15, -0.1) is 0 Å². The highest BCUT2D eigenvalue weighted by Crippen LogP contribution is 2.37. The van der Waals surface area contributed by atoms with Crippen LogP contribution in [0.1, 0.15) is 37.6 Å².